The van der Waals surface area contributed by atoms with Gasteiger partial charge in [-0.3, -0.25) is 9.59 Å². The lowest BCUT2D eigenvalue weighted by Crippen LogP contribution is -2.50. The molecule has 0 aliphatic carbocycles. The molecule has 8 heteroatoms. The highest BCUT2D eigenvalue weighted by atomic mass is 16.5. The van der Waals surface area contributed by atoms with Gasteiger partial charge in [0, 0.05) is 18.7 Å². The van der Waals surface area contributed by atoms with E-state index in [1.165, 1.54) is 0 Å². The van der Waals surface area contributed by atoms with Crippen LogP contribution in [-0.2, 0) is 17.6 Å². The number of ether oxygens (including phenoxy) is 4. The summed E-state index contributed by atoms with van der Waals surface area (Å²) in [4.78, 5) is 29.6. The summed E-state index contributed by atoms with van der Waals surface area (Å²) in [5.41, 5.74) is 4.33. The van der Waals surface area contributed by atoms with E-state index in [0.717, 1.165) is 23.1 Å². The van der Waals surface area contributed by atoms with Crippen molar-refractivity contribution in [1.82, 2.24) is 10.2 Å². The number of hydrogen-bond donors (Lipinski definition) is 1. The minimum absolute atomic E-state index is 0.0997. The third kappa shape index (κ3) is 5.06. The molecule has 0 bridgehead atoms. The number of amides is 2. The van der Waals surface area contributed by atoms with E-state index in [1.54, 1.807) is 26.4 Å². The number of benzene rings is 3. The first-order chi connectivity index (χ1) is 19.5. The van der Waals surface area contributed by atoms with Gasteiger partial charge >= 0.3 is 0 Å². The van der Waals surface area contributed by atoms with Crippen molar-refractivity contribution in [3.63, 3.8) is 0 Å². The van der Waals surface area contributed by atoms with Crippen molar-refractivity contribution in [1.29, 1.82) is 0 Å². The number of nitrogens with zero attached hydrogens (tertiary/aromatic N) is 1. The Labute approximate surface area is 235 Å². The molecule has 40 heavy (non-hydrogen) atoms. The Morgan fingerprint density at radius 1 is 0.900 bits per heavy atom. The van der Waals surface area contributed by atoms with E-state index in [9.17, 15) is 9.59 Å². The largest absolute Gasteiger partial charge is 0.493 e. The minimum Gasteiger partial charge on any atom is -0.493 e. The topological polar surface area (TPSA) is 86.3 Å². The lowest BCUT2D eigenvalue weighted by molar-refractivity contribution is -0.124. The highest BCUT2D eigenvalue weighted by molar-refractivity contribution is 6.02. The number of nitrogens with one attached hydrogen (secondary N) is 1. The maximum Gasteiger partial charge on any atom is 0.254 e. The molecule has 0 saturated heterocycles. The van der Waals surface area contributed by atoms with Gasteiger partial charge in [0.25, 0.3) is 5.91 Å². The number of carbonyl (C=O) groups excluding carboxylic acids is 2. The average Bonchev–Trinajstić information content (AvgIpc) is 2.98. The molecule has 0 radical (unpaired) electrons. The Bertz CT molecular complexity index is 1400. The zero-order valence-electron chi connectivity index (χ0n) is 23.5. The molecule has 0 aromatic heterocycles. The molecule has 2 aliphatic heterocycles. The number of methoxy groups -OCH3 is 2. The van der Waals surface area contributed by atoms with Gasteiger partial charge in [-0.15, -0.1) is 0 Å². The molecule has 210 valence electrons. The highest BCUT2D eigenvalue weighted by Crippen LogP contribution is 2.48. The standard InChI is InChI=1S/C32H36N2O6/c1-5-39-25-12-11-20(17-28(25)40-6-2)13-15-33-31(35)29-23-18-26(37-3)27(38-4)19-24(23)32(36)34-16-14-21-9-7-8-10-22(21)30(29)34/h7-12,17-19,29-30H,5-6,13-16H2,1-4H3,(H,33,35)/t29-,30+/m0/s1. The van der Waals surface area contributed by atoms with E-state index in [4.69, 9.17) is 18.9 Å². The second-order valence-electron chi connectivity index (χ2n) is 9.85. The minimum atomic E-state index is -0.603. The van der Waals surface area contributed by atoms with Gasteiger partial charge in [0.05, 0.1) is 39.4 Å². The first-order valence-electron chi connectivity index (χ1n) is 13.8. The predicted octanol–water partition coefficient (Wildman–Crippen LogP) is 4.70. The molecule has 2 aliphatic rings. The molecule has 0 unspecified atom stereocenters. The Kier molecular flexibility index (Phi) is 8.14. The normalized spacial score (nSPS) is 17.3. The zero-order chi connectivity index (χ0) is 28.2. The van der Waals surface area contributed by atoms with Crippen molar-refractivity contribution in [2.75, 3.05) is 40.5 Å². The van der Waals surface area contributed by atoms with Gasteiger partial charge in [0.1, 0.15) is 0 Å². The van der Waals surface area contributed by atoms with Crippen LogP contribution in [0.4, 0.5) is 0 Å². The van der Waals surface area contributed by atoms with E-state index >= 15 is 0 Å². The maximum atomic E-state index is 14.0. The van der Waals surface area contributed by atoms with Crippen LogP contribution in [0.25, 0.3) is 0 Å². The molecule has 5 rings (SSSR count). The summed E-state index contributed by atoms with van der Waals surface area (Å²) in [6.45, 7) is 5.94. The summed E-state index contributed by atoms with van der Waals surface area (Å²) in [5, 5.41) is 3.16. The smallest absolute Gasteiger partial charge is 0.254 e. The number of hydrogen-bond acceptors (Lipinski definition) is 6. The molecule has 3 aromatic rings. The van der Waals surface area contributed by atoms with Gasteiger partial charge in [-0.25, -0.2) is 0 Å². The second kappa shape index (κ2) is 11.9. The first-order valence-corrected chi connectivity index (χ1v) is 13.8. The Morgan fingerprint density at radius 2 is 1.62 bits per heavy atom. The number of rotatable bonds is 10. The van der Waals surface area contributed by atoms with Gasteiger partial charge < -0.3 is 29.2 Å². The molecular weight excluding hydrogens is 508 g/mol. The van der Waals surface area contributed by atoms with E-state index in [1.807, 2.05) is 55.1 Å². The van der Waals surface area contributed by atoms with Crippen molar-refractivity contribution in [3.05, 3.63) is 82.4 Å². The molecule has 0 spiro atoms. The van der Waals surface area contributed by atoms with Crippen LogP contribution in [0.1, 0.15) is 58.4 Å². The molecule has 1 N–H and O–H groups in total. The summed E-state index contributed by atoms with van der Waals surface area (Å²) >= 11 is 0. The summed E-state index contributed by atoms with van der Waals surface area (Å²) < 4.78 is 22.5. The molecular formula is C32H36N2O6. The molecule has 8 nitrogen and oxygen atoms in total. The summed E-state index contributed by atoms with van der Waals surface area (Å²) in [6.07, 6.45) is 1.36. The van der Waals surface area contributed by atoms with Crippen LogP contribution in [0.15, 0.2) is 54.6 Å². The van der Waals surface area contributed by atoms with E-state index in [-0.39, 0.29) is 11.8 Å². The Morgan fingerprint density at radius 3 is 2.38 bits per heavy atom. The first kappa shape index (κ1) is 27.4. The molecule has 0 fully saturated rings. The summed E-state index contributed by atoms with van der Waals surface area (Å²) in [6, 6.07) is 17.0. The summed E-state index contributed by atoms with van der Waals surface area (Å²) in [7, 11) is 3.10. The van der Waals surface area contributed by atoms with Crippen molar-refractivity contribution in [2.24, 2.45) is 0 Å². The monoisotopic (exact) mass is 544 g/mol. The van der Waals surface area contributed by atoms with Gasteiger partial charge in [0.2, 0.25) is 5.91 Å². The predicted molar refractivity (Wildman–Crippen MR) is 152 cm³/mol. The van der Waals surface area contributed by atoms with Crippen molar-refractivity contribution < 1.29 is 28.5 Å². The zero-order valence-corrected chi connectivity index (χ0v) is 23.5. The fourth-order valence-corrected chi connectivity index (χ4v) is 5.82. The molecule has 3 aromatic carbocycles. The second-order valence-corrected chi connectivity index (χ2v) is 9.85. The van der Waals surface area contributed by atoms with Crippen molar-refractivity contribution in [3.8, 4) is 23.0 Å². The number of fused-ring (bicyclic) bond motifs is 4. The van der Waals surface area contributed by atoms with Gasteiger partial charge in [-0.05, 0) is 73.2 Å². The number of carbonyl (C=O) groups is 2. The third-order valence-electron chi connectivity index (χ3n) is 7.63. The Balaban J connectivity index is 1.45. The van der Waals surface area contributed by atoms with Crippen LogP contribution >= 0.6 is 0 Å². The Hall–Kier alpha value is -4.20. The van der Waals surface area contributed by atoms with E-state index in [2.05, 4.69) is 11.4 Å². The van der Waals surface area contributed by atoms with Crippen LogP contribution in [0.3, 0.4) is 0 Å². The van der Waals surface area contributed by atoms with Crippen molar-refractivity contribution in [2.45, 2.75) is 38.6 Å². The van der Waals surface area contributed by atoms with Gasteiger partial charge in [-0.2, -0.15) is 0 Å². The van der Waals surface area contributed by atoms with Gasteiger partial charge in [0.15, 0.2) is 23.0 Å². The molecule has 2 amide bonds. The molecule has 0 saturated carbocycles. The van der Waals surface area contributed by atoms with Crippen LogP contribution < -0.4 is 24.3 Å². The van der Waals surface area contributed by atoms with E-state index in [0.29, 0.717) is 66.8 Å². The van der Waals surface area contributed by atoms with Crippen molar-refractivity contribution >= 4 is 11.8 Å². The van der Waals surface area contributed by atoms with Crippen LogP contribution in [0.2, 0.25) is 0 Å². The lowest BCUT2D eigenvalue weighted by Gasteiger charge is -2.45. The molecule has 2 atom stereocenters. The van der Waals surface area contributed by atoms with E-state index < -0.39 is 12.0 Å². The summed E-state index contributed by atoms with van der Waals surface area (Å²) in [5.74, 6) is 1.52. The SMILES string of the molecule is CCOc1ccc(CCNC(=O)[C@H]2c3cc(OC)c(OC)cc3C(=O)N3CCc4ccccc4[C@H]23)cc1OCC. The lowest BCUT2D eigenvalue weighted by atomic mass is 9.75. The molecule has 2 heterocycles. The fraction of sp³-hybridized carbons (Fsp3) is 0.375. The third-order valence-corrected chi connectivity index (χ3v) is 7.63. The van der Waals surface area contributed by atoms with Gasteiger partial charge in [-0.1, -0.05) is 30.3 Å². The highest BCUT2D eigenvalue weighted by Gasteiger charge is 2.46. The van der Waals surface area contributed by atoms with Crippen LogP contribution in [0.5, 0.6) is 23.0 Å². The fourth-order valence-electron chi connectivity index (χ4n) is 5.82. The maximum absolute atomic E-state index is 14.0. The average molecular weight is 545 g/mol. The quantitative estimate of drug-likeness (QED) is 0.398. The van der Waals surface area contributed by atoms with Crippen LogP contribution in [-0.4, -0.2) is 57.2 Å². The van der Waals surface area contributed by atoms with Crippen LogP contribution in [0, 0.1) is 0 Å².